The van der Waals surface area contributed by atoms with Crippen LogP contribution >= 0.6 is 0 Å². The molecule has 2 aromatic rings. The lowest BCUT2D eigenvalue weighted by Gasteiger charge is -2.10. The van der Waals surface area contributed by atoms with Gasteiger partial charge < -0.3 is 0 Å². The van der Waals surface area contributed by atoms with E-state index in [1.54, 1.807) is 11.1 Å². The van der Waals surface area contributed by atoms with Crippen molar-refractivity contribution < 1.29 is 0 Å². The van der Waals surface area contributed by atoms with Crippen LogP contribution in [0.2, 0.25) is 0 Å². The molecular weight excluding hydrogens is 218 g/mol. The van der Waals surface area contributed by atoms with Crippen LogP contribution in [0.4, 0.5) is 0 Å². The Bertz CT molecular complexity index is 638. The summed E-state index contributed by atoms with van der Waals surface area (Å²) in [6.45, 7) is 4.66. The molecule has 92 valence electrons. The van der Waals surface area contributed by atoms with Gasteiger partial charge in [0.15, 0.2) is 0 Å². The number of aromatic nitrogens is 1. The molecule has 1 aromatic carbocycles. The maximum absolute atomic E-state index is 4.65. The fourth-order valence-electron chi connectivity index (χ4n) is 3.46. The van der Waals surface area contributed by atoms with Gasteiger partial charge in [-0.3, -0.25) is 4.98 Å². The predicted molar refractivity (Wildman–Crippen MR) is 75.0 cm³/mol. The summed E-state index contributed by atoms with van der Waals surface area (Å²) in [6, 6.07) is 4.73. The second-order valence-electron chi connectivity index (χ2n) is 6.26. The Kier molecular flexibility index (Phi) is 2.09. The van der Waals surface area contributed by atoms with Crippen LogP contribution in [-0.4, -0.2) is 4.98 Å². The predicted octanol–water partition coefficient (Wildman–Crippen LogP) is 4.16. The van der Waals surface area contributed by atoms with E-state index in [1.165, 1.54) is 47.7 Å². The monoisotopic (exact) mass is 237 g/mol. The summed E-state index contributed by atoms with van der Waals surface area (Å²) < 4.78 is 0. The molecule has 1 atom stereocenters. The molecule has 4 rings (SSSR count). The van der Waals surface area contributed by atoms with Crippen LogP contribution in [0, 0.1) is 12.8 Å². The molecule has 0 radical (unpaired) electrons. The normalized spacial score (nSPS) is 22.4. The fraction of sp³-hybridized carbons (Fsp3) is 0.471. The van der Waals surface area contributed by atoms with Gasteiger partial charge in [0.1, 0.15) is 0 Å². The number of rotatable bonds is 1. The van der Waals surface area contributed by atoms with E-state index in [4.69, 9.17) is 0 Å². The van der Waals surface area contributed by atoms with E-state index in [-0.39, 0.29) is 0 Å². The van der Waals surface area contributed by atoms with E-state index in [0.717, 1.165) is 11.8 Å². The first-order valence-electron chi connectivity index (χ1n) is 7.13. The van der Waals surface area contributed by atoms with Crippen molar-refractivity contribution in [3.8, 4) is 0 Å². The summed E-state index contributed by atoms with van der Waals surface area (Å²) >= 11 is 0. The highest BCUT2D eigenvalue weighted by molar-refractivity contribution is 5.87. The first-order valence-corrected chi connectivity index (χ1v) is 7.13. The molecule has 1 aromatic heterocycles. The van der Waals surface area contributed by atoms with Gasteiger partial charge in [0.2, 0.25) is 0 Å². The number of aryl methyl sites for hydroxylation is 1. The van der Waals surface area contributed by atoms with Crippen LogP contribution in [0.15, 0.2) is 18.3 Å². The van der Waals surface area contributed by atoms with E-state index < -0.39 is 0 Å². The van der Waals surface area contributed by atoms with Crippen molar-refractivity contribution in [2.45, 2.75) is 45.4 Å². The maximum Gasteiger partial charge on any atom is 0.0441 e. The molecule has 18 heavy (non-hydrogen) atoms. The Morgan fingerprint density at radius 3 is 2.78 bits per heavy atom. The first-order chi connectivity index (χ1) is 8.72. The highest BCUT2D eigenvalue weighted by atomic mass is 14.7. The summed E-state index contributed by atoms with van der Waals surface area (Å²) in [5.74, 6) is 1.56. The van der Waals surface area contributed by atoms with Gasteiger partial charge in [-0.05, 0) is 72.7 Å². The average molecular weight is 237 g/mol. The van der Waals surface area contributed by atoms with Crippen molar-refractivity contribution in [1.29, 1.82) is 0 Å². The van der Waals surface area contributed by atoms with Gasteiger partial charge in [0.05, 0.1) is 0 Å². The average Bonchev–Trinajstić information content (AvgIpc) is 3.13. The summed E-state index contributed by atoms with van der Waals surface area (Å²) in [4.78, 5) is 4.65. The Labute approximate surface area is 108 Å². The highest BCUT2D eigenvalue weighted by Crippen LogP contribution is 2.41. The number of hydrogen-bond donors (Lipinski definition) is 0. The van der Waals surface area contributed by atoms with Crippen LogP contribution in [0.1, 0.15) is 48.1 Å². The molecule has 0 aliphatic heterocycles. The summed E-state index contributed by atoms with van der Waals surface area (Å²) in [5, 5.41) is 2.78. The minimum Gasteiger partial charge on any atom is -0.260 e. The van der Waals surface area contributed by atoms with E-state index >= 15 is 0 Å². The van der Waals surface area contributed by atoms with Crippen molar-refractivity contribution in [1.82, 2.24) is 4.98 Å². The van der Waals surface area contributed by atoms with Crippen molar-refractivity contribution in [2.75, 3.05) is 0 Å². The van der Waals surface area contributed by atoms with Gasteiger partial charge >= 0.3 is 0 Å². The van der Waals surface area contributed by atoms with Gasteiger partial charge in [0.25, 0.3) is 0 Å². The third-order valence-electron chi connectivity index (χ3n) is 4.65. The van der Waals surface area contributed by atoms with Gasteiger partial charge in [-0.15, -0.1) is 0 Å². The Balaban J connectivity index is 1.95. The van der Waals surface area contributed by atoms with Crippen LogP contribution in [-0.2, 0) is 12.8 Å². The van der Waals surface area contributed by atoms with Gasteiger partial charge in [-0.2, -0.15) is 0 Å². The second-order valence-corrected chi connectivity index (χ2v) is 6.26. The van der Waals surface area contributed by atoms with Crippen molar-refractivity contribution in [2.24, 2.45) is 5.92 Å². The quantitative estimate of drug-likeness (QED) is 0.726. The van der Waals surface area contributed by atoms with Crippen molar-refractivity contribution >= 4 is 10.8 Å². The summed E-state index contributed by atoms with van der Waals surface area (Å²) in [6.07, 6.45) is 7.27. The van der Waals surface area contributed by atoms with Crippen molar-refractivity contribution in [3.63, 3.8) is 0 Å². The van der Waals surface area contributed by atoms with E-state index in [9.17, 15) is 0 Å². The molecule has 0 spiro atoms. The third-order valence-corrected chi connectivity index (χ3v) is 4.65. The van der Waals surface area contributed by atoms with E-state index in [0.29, 0.717) is 0 Å². The Hall–Kier alpha value is -1.37. The summed E-state index contributed by atoms with van der Waals surface area (Å²) in [5.41, 5.74) is 6.00. The van der Waals surface area contributed by atoms with E-state index in [1.807, 2.05) is 0 Å². The fourth-order valence-corrected chi connectivity index (χ4v) is 3.46. The molecule has 1 fully saturated rings. The molecule has 0 saturated heterocycles. The largest absolute Gasteiger partial charge is 0.260 e. The standard InChI is InChI=1S/C17H19N/c1-10-5-13-7-14-9-18-17(12-3-4-12)8-16(14)11(2)15(13)6-10/h7-10,12H,3-6H2,1-2H3/t10-/m1/s1. The zero-order chi connectivity index (χ0) is 12.3. The number of fused-ring (bicyclic) bond motifs is 2. The molecule has 2 aliphatic carbocycles. The van der Waals surface area contributed by atoms with Crippen molar-refractivity contribution in [3.05, 3.63) is 40.7 Å². The first kappa shape index (κ1) is 10.5. The molecule has 0 unspecified atom stereocenters. The number of nitrogens with zero attached hydrogens (tertiary/aromatic N) is 1. The summed E-state index contributed by atoms with van der Waals surface area (Å²) in [7, 11) is 0. The molecule has 1 nitrogen and oxygen atoms in total. The van der Waals surface area contributed by atoms with Crippen LogP contribution in [0.25, 0.3) is 10.8 Å². The van der Waals surface area contributed by atoms with Gasteiger partial charge in [0, 0.05) is 23.2 Å². The van der Waals surface area contributed by atoms with Gasteiger partial charge in [-0.1, -0.05) is 6.92 Å². The molecule has 0 bridgehead atoms. The molecule has 0 N–H and O–H groups in total. The number of pyridine rings is 1. The molecule has 1 heterocycles. The Morgan fingerprint density at radius 1 is 1.17 bits per heavy atom. The molecule has 0 amide bonds. The SMILES string of the molecule is Cc1c2c(cc3cnc(C4CC4)cc13)C[C@@H](C)C2. The topological polar surface area (TPSA) is 12.9 Å². The molecule has 1 saturated carbocycles. The zero-order valence-corrected chi connectivity index (χ0v) is 11.2. The number of hydrogen-bond acceptors (Lipinski definition) is 1. The van der Waals surface area contributed by atoms with Crippen LogP contribution in [0.5, 0.6) is 0 Å². The smallest absolute Gasteiger partial charge is 0.0441 e. The zero-order valence-electron chi connectivity index (χ0n) is 11.2. The van der Waals surface area contributed by atoms with E-state index in [2.05, 4.69) is 37.2 Å². The maximum atomic E-state index is 4.65. The highest BCUT2D eigenvalue weighted by Gasteiger charge is 2.26. The lowest BCUT2D eigenvalue weighted by atomic mass is 9.97. The molecule has 1 heteroatoms. The lowest BCUT2D eigenvalue weighted by molar-refractivity contribution is 0.627. The number of benzene rings is 1. The Morgan fingerprint density at radius 2 is 2.00 bits per heavy atom. The molecular formula is C17H19N. The minimum absolute atomic E-state index is 0.751. The van der Waals surface area contributed by atoms with Crippen LogP contribution in [0.3, 0.4) is 0 Å². The van der Waals surface area contributed by atoms with Gasteiger partial charge in [-0.25, -0.2) is 0 Å². The molecule has 2 aliphatic rings. The van der Waals surface area contributed by atoms with Crippen LogP contribution < -0.4 is 0 Å². The minimum atomic E-state index is 0.751. The third kappa shape index (κ3) is 1.50. The lowest BCUT2D eigenvalue weighted by Crippen LogP contribution is -1.93. The second kappa shape index (κ2) is 3.57.